The Morgan fingerprint density at radius 3 is 2.63 bits per heavy atom. The van der Waals surface area contributed by atoms with Crippen LogP contribution in [0.5, 0.6) is 5.75 Å². The number of nitrogens with zero attached hydrogens (tertiary/aromatic N) is 3. The number of thiocarbonyl (C=S) groups is 1. The molecule has 1 unspecified atom stereocenters. The van der Waals surface area contributed by atoms with Crippen LogP contribution in [0.4, 0.5) is 10.5 Å². The van der Waals surface area contributed by atoms with Crippen LogP contribution in [0, 0.1) is 15.5 Å². The van der Waals surface area contributed by atoms with E-state index in [1.165, 1.54) is 34.9 Å². The highest BCUT2D eigenvalue weighted by Gasteiger charge is 2.38. The summed E-state index contributed by atoms with van der Waals surface area (Å²) in [6.45, 7) is 7.32. The Balaban J connectivity index is 2.05. The molecule has 0 radical (unpaired) electrons. The van der Waals surface area contributed by atoms with E-state index in [0.29, 0.717) is 35.3 Å². The normalized spacial score (nSPS) is 17.7. The minimum absolute atomic E-state index is 0.0147. The molecule has 0 bridgehead atoms. The highest BCUT2D eigenvalue weighted by Crippen LogP contribution is 2.31. The summed E-state index contributed by atoms with van der Waals surface area (Å²) in [6.07, 6.45) is -0.935. The summed E-state index contributed by atoms with van der Waals surface area (Å²) < 4.78 is 0.584. The molecule has 10 heteroatoms. The van der Waals surface area contributed by atoms with Crippen molar-refractivity contribution in [1.82, 2.24) is 9.80 Å². The van der Waals surface area contributed by atoms with Gasteiger partial charge in [-0.3, -0.25) is 10.1 Å². The second kappa shape index (κ2) is 8.30. The van der Waals surface area contributed by atoms with Gasteiger partial charge < -0.3 is 20.0 Å². The van der Waals surface area contributed by atoms with E-state index >= 15 is 0 Å². The van der Waals surface area contributed by atoms with E-state index in [-0.39, 0.29) is 22.9 Å². The SMILES string of the molecule is CC(C)(C)C1CN(C(=S)SCc2cc([N+](=O)[O-])ccc2O)CCN1C(=O)O. The fourth-order valence-electron chi connectivity index (χ4n) is 2.95. The molecule has 1 atom stereocenters. The van der Waals surface area contributed by atoms with Crippen LogP contribution in [0.2, 0.25) is 0 Å². The smallest absolute Gasteiger partial charge is 0.407 e. The van der Waals surface area contributed by atoms with Crippen LogP contribution in [-0.4, -0.2) is 61.0 Å². The molecule has 0 spiro atoms. The molecule has 1 aromatic rings. The van der Waals surface area contributed by atoms with Gasteiger partial charge >= 0.3 is 6.09 Å². The molecule has 1 aliphatic heterocycles. The van der Waals surface area contributed by atoms with Gasteiger partial charge in [0.05, 0.1) is 11.0 Å². The molecule has 1 aromatic carbocycles. The Morgan fingerprint density at radius 2 is 2.07 bits per heavy atom. The number of benzene rings is 1. The minimum atomic E-state index is -0.935. The molecule has 0 aliphatic carbocycles. The standard InChI is InChI=1S/C17H23N3O5S2/c1-17(2,3)14-9-18(6-7-19(14)15(22)23)16(26)27-10-11-8-12(20(24)25)4-5-13(11)21/h4-5,8,14,21H,6-7,9-10H2,1-3H3,(H,22,23). The fourth-order valence-corrected chi connectivity index (χ4v) is 4.15. The second-order valence-corrected chi connectivity index (χ2v) is 9.04. The van der Waals surface area contributed by atoms with E-state index in [1.54, 1.807) is 0 Å². The van der Waals surface area contributed by atoms with Crippen LogP contribution < -0.4 is 0 Å². The number of carboxylic acid groups (broad SMARTS) is 1. The number of non-ortho nitro benzene ring substituents is 1. The highest BCUT2D eigenvalue weighted by atomic mass is 32.2. The van der Waals surface area contributed by atoms with Crippen molar-refractivity contribution in [3.05, 3.63) is 33.9 Å². The van der Waals surface area contributed by atoms with Gasteiger partial charge in [0.25, 0.3) is 5.69 Å². The molecule has 0 saturated carbocycles. The largest absolute Gasteiger partial charge is 0.508 e. The number of phenols is 1. The molecular formula is C17H23N3O5S2. The van der Waals surface area contributed by atoms with Gasteiger partial charge in [-0.1, -0.05) is 44.8 Å². The quantitative estimate of drug-likeness (QED) is 0.440. The lowest BCUT2D eigenvalue weighted by molar-refractivity contribution is -0.384. The monoisotopic (exact) mass is 413 g/mol. The van der Waals surface area contributed by atoms with E-state index < -0.39 is 11.0 Å². The number of rotatable bonds is 3. The number of piperazine rings is 1. The van der Waals surface area contributed by atoms with Crippen molar-refractivity contribution in [1.29, 1.82) is 0 Å². The van der Waals surface area contributed by atoms with Crippen molar-refractivity contribution in [2.45, 2.75) is 32.6 Å². The first-order chi connectivity index (χ1) is 12.5. The van der Waals surface area contributed by atoms with Crippen LogP contribution in [-0.2, 0) is 5.75 Å². The van der Waals surface area contributed by atoms with Crippen LogP contribution >= 0.6 is 24.0 Å². The van der Waals surface area contributed by atoms with Gasteiger partial charge in [0.15, 0.2) is 0 Å². The molecule has 0 aromatic heterocycles. The van der Waals surface area contributed by atoms with Crippen LogP contribution in [0.1, 0.15) is 26.3 Å². The lowest BCUT2D eigenvalue weighted by Gasteiger charge is -2.46. The van der Waals surface area contributed by atoms with Crippen LogP contribution in [0.15, 0.2) is 18.2 Å². The van der Waals surface area contributed by atoms with Crippen molar-refractivity contribution >= 4 is 40.1 Å². The van der Waals surface area contributed by atoms with Crippen molar-refractivity contribution in [2.24, 2.45) is 5.41 Å². The number of carbonyl (C=O) groups is 1. The highest BCUT2D eigenvalue weighted by molar-refractivity contribution is 8.22. The molecule has 1 fully saturated rings. The number of hydrogen-bond donors (Lipinski definition) is 2. The molecule has 1 heterocycles. The van der Waals surface area contributed by atoms with Crippen molar-refractivity contribution < 1.29 is 19.9 Å². The van der Waals surface area contributed by atoms with Crippen molar-refractivity contribution in [2.75, 3.05) is 19.6 Å². The van der Waals surface area contributed by atoms with Gasteiger partial charge in [-0.2, -0.15) is 0 Å². The Hall–Kier alpha value is -2.07. The molecule has 2 rings (SSSR count). The van der Waals surface area contributed by atoms with Crippen LogP contribution in [0.3, 0.4) is 0 Å². The Labute approximate surface area is 167 Å². The fraction of sp³-hybridized carbons (Fsp3) is 0.529. The average Bonchev–Trinajstić information content (AvgIpc) is 2.59. The topological polar surface area (TPSA) is 107 Å². The molecule has 1 aliphatic rings. The Bertz CT molecular complexity index is 751. The number of hydrogen-bond acceptors (Lipinski definition) is 6. The molecular weight excluding hydrogens is 390 g/mol. The zero-order valence-electron chi connectivity index (χ0n) is 15.4. The summed E-state index contributed by atoms with van der Waals surface area (Å²) in [5.41, 5.74) is 0.112. The number of nitro groups is 1. The predicted molar refractivity (Wildman–Crippen MR) is 108 cm³/mol. The zero-order chi connectivity index (χ0) is 20.4. The lowest BCUT2D eigenvalue weighted by Crippen LogP contribution is -2.59. The third kappa shape index (κ3) is 5.23. The van der Waals surface area contributed by atoms with E-state index in [4.69, 9.17) is 12.2 Å². The first kappa shape index (κ1) is 21.2. The van der Waals surface area contributed by atoms with Gasteiger partial charge in [-0.05, 0) is 11.5 Å². The van der Waals surface area contributed by atoms with Gasteiger partial charge in [-0.15, -0.1) is 0 Å². The minimum Gasteiger partial charge on any atom is -0.508 e. The Kier molecular flexibility index (Phi) is 6.53. The summed E-state index contributed by atoms with van der Waals surface area (Å²) in [6, 6.07) is 3.69. The zero-order valence-corrected chi connectivity index (χ0v) is 17.0. The number of nitro benzene ring substituents is 1. The molecule has 148 valence electrons. The summed E-state index contributed by atoms with van der Waals surface area (Å²) in [5, 5.41) is 30.3. The summed E-state index contributed by atoms with van der Waals surface area (Å²) >= 11 is 6.79. The van der Waals surface area contributed by atoms with Gasteiger partial charge in [-0.25, -0.2) is 4.79 Å². The maximum Gasteiger partial charge on any atom is 0.407 e. The van der Waals surface area contributed by atoms with Gasteiger partial charge in [0, 0.05) is 43.1 Å². The third-order valence-electron chi connectivity index (χ3n) is 4.51. The summed E-state index contributed by atoms with van der Waals surface area (Å²) in [5.74, 6) is 0.283. The van der Waals surface area contributed by atoms with E-state index in [9.17, 15) is 25.1 Å². The summed E-state index contributed by atoms with van der Waals surface area (Å²) in [7, 11) is 0. The van der Waals surface area contributed by atoms with E-state index in [1.807, 2.05) is 25.7 Å². The number of aromatic hydroxyl groups is 1. The summed E-state index contributed by atoms with van der Waals surface area (Å²) in [4.78, 5) is 25.3. The molecule has 2 N–H and O–H groups in total. The molecule has 8 nitrogen and oxygen atoms in total. The first-order valence-electron chi connectivity index (χ1n) is 8.38. The first-order valence-corrected chi connectivity index (χ1v) is 9.77. The van der Waals surface area contributed by atoms with E-state index in [0.717, 1.165) is 0 Å². The predicted octanol–water partition coefficient (Wildman–Crippen LogP) is 3.53. The third-order valence-corrected chi connectivity index (χ3v) is 6.08. The second-order valence-electron chi connectivity index (χ2n) is 7.43. The maximum atomic E-state index is 11.5. The molecule has 1 saturated heterocycles. The van der Waals surface area contributed by atoms with Gasteiger partial charge in [0.1, 0.15) is 10.1 Å². The maximum absolute atomic E-state index is 11.5. The van der Waals surface area contributed by atoms with Crippen LogP contribution in [0.25, 0.3) is 0 Å². The number of thioether (sulfide) groups is 1. The van der Waals surface area contributed by atoms with Crippen molar-refractivity contribution in [3.8, 4) is 5.75 Å². The molecule has 1 amide bonds. The molecule has 27 heavy (non-hydrogen) atoms. The number of phenolic OH excluding ortho intramolecular Hbond substituents is 1. The Morgan fingerprint density at radius 1 is 1.41 bits per heavy atom. The average molecular weight is 414 g/mol. The lowest BCUT2D eigenvalue weighted by atomic mass is 9.84. The number of amides is 1. The van der Waals surface area contributed by atoms with E-state index in [2.05, 4.69) is 0 Å². The van der Waals surface area contributed by atoms with Crippen molar-refractivity contribution in [3.63, 3.8) is 0 Å². The van der Waals surface area contributed by atoms with Gasteiger partial charge in [0.2, 0.25) is 0 Å².